The Hall–Kier alpha value is -1.60. The van der Waals surface area contributed by atoms with Gasteiger partial charge >= 0.3 is 0 Å². The van der Waals surface area contributed by atoms with Gasteiger partial charge in [0.1, 0.15) is 12.8 Å². The monoisotopic (exact) mass is 343 g/mol. The molecule has 1 aliphatic heterocycles. The third-order valence-corrected chi connectivity index (χ3v) is 4.36. The fourth-order valence-electron chi connectivity index (χ4n) is 2.37. The highest BCUT2D eigenvalue weighted by Gasteiger charge is 2.34. The molecule has 0 saturated carbocycles. The molecule has 0 aliphatic carbocycles. The molecule has 2 rings (SSSR count). The second-order valence-electron chi connectivity index (χ2n) is 6.27. The zero-order valence-electron chi connectivity index (χ0n) is 13.4. The number of aromatic nitrogens is 1. The second-order valence-corrected chi connectivity index (χ2v) is 6.54. The van der Waals surface area contributed by atoms with Crippen LogP contribution in [-0.4, -0.2) is 53.6 Å². The molecule has 1 atom stereocenters. The Morgan fingerprint density at radius 1 is 1.52 bits per heavy atom. The quantitative estimate of drug-likeness (QED) is 0.764. The Kier molecular flexibility index (Phi) is 6.01. The Bertz CT molecular complexity index is 527. The van der Waals surface area contributed by atoms with Crippen molar-refractivity contribution in [2.45, 2.75) is 32.8 Å². The van der Waals surface area contributed by atoms with E-state index in [1.807, 2.05) is 0 Å². The maximum Gasteiger partial charge on any atom is 0.245 e. The van der Waals surface area contributed by atoms with Gasteiger partial charge in [0, 0.05) is 25.1 Å². The molecule has 0 aromatic carbocycles. The van der Waals surface area contributed by atoms with Crippen LogP contribution in [0.4, 0.5) is 5.82 Å². The molecule has 7 nitrogen and oxygen atoms in total. The number of amides is 2. The van der Waals surface area contributed by atoms with Gasteiger partial charge in [0.05, 0.1) is 11.5 Å². The molecule has 1 aromatic heterocycles. The highest BCUT2D eigenvalue weighted by Crippen LogP contribution is 2.22. The van der Waals surface area contributed by atoms with E-state index in [1.54, 1.807) is 13.8 Å². The van der Waals surface area contributed by atoms with Crippen molar-refractivity contribution in [3.63, 3.8) is 0 Å². The number of carbonyl (C=O) groups excluding carboxylic acids is 2. The van der Waals surface area contributed by atoms with Crippen LogP contribution in [-0.2, 0) is 14.3 Å². The third kappa shape index (κ3) is 4.94. The summed E-state index contributed by atoms with van der Waals surface area (Å²) in [6.45, 7) is 4.52. The molecule has 1 saturated heterocycles. The molecular formula is C15H22ClN3O4. The van der Waals surface area contributed by atoms with Gasteiger partial charge in [0.2, 0.25) is 11.8 Å². The van der Waals surface area contributed by atoms with Gasteiger partial charge in [0.25, 0.3) is 0 Å². The maximum atomic E-state index is 12.7. The van der Waals surface area contributed by atoms with Crippen molar-refractivity contribution in [1.82, 2.24) is 10.1 Å². The minimum Gasteiger partial charge on any atom is -0.376 e. The van der Waals surface area contributed by atoms with Gasteiger partial charge in [-0.15, -0.1) is 11.6 Å². The van der Waals surface area contributed by atoms with Gasteiger partial charge < -0.3 is 19.5 Å². The molecule has 2 amide bonds. The van der Waals surface area contributed by atoms with E-state index in [0.29, 0.717) is 19.0 Å². The first kappa shape index (κ1) is 17.7. The smallest absolute Gasteiger partial charge is 0.245 e. The number of rotatable bonds is 7. The summed E-state index contributed by atoms with van der Waals surface area (Å²) < 4.78 is 10.2. The molecule has 1 N–H and O–H groups in total. The van der Waals surface area contributed by atoms with Crippen LogP contribution in [0.2, 0.25) is 0 Å². The fraction of sp³-hybridized carbons (Fsp3) is 0.667. The molecule has 1 aromatic rings. The first-order valence-electron chi connectivity index (χ1n) is 7.59. The predicted octanol–water partition coefficient (Wildman–Crippen LogP) is 1.89. The van der Waals surface area contributed by atoms with Crippen molar-refractivity contribution in [3.05, 3.63) is 12.3 Å². The van der Waals surface area contributed by atoms with E-state index in [1.165, 1.54) is 17.2 Å². The summed E-state index contributed by atoms with van der Waals surface area (Å²) in [6.07, 6.45) is 3.18. The molecule has 23 heavy (non-hydrogen) atoms. The lowest BCUT2D eigenvalue weighted by molar-refractivity contribution is -0.143. The van der Waals surface area contributed by atoms with E-state index in [9.17, 15) is 9.59 Å². The topological polar surface area (TPSA) is 84.7 Å². The lowest BCUT2D eigenvalue weighted by Crippen LogP contribution is -2.48. The van der Waals surface area contributed by atoms with Crippen molar-refractivity contribution < 1.29 is 18.8 Å². The second kappa shape index (κ2) is 7.79. The maximum absolute atomic E-state index is 12.7. The third-order valence-electron chi connectivity index (χ3n) is 3.69. The van der Waals surface area contributed by atoms with Crippen molar-refractivity contribution in [2.75, 3.05) is 30.9 Å². The van der Waals surface area contributed by atoms with Crippen LogP contribution in [0.25, 0.3) is 0 Å². The van der Waals surface area contributed by atoms with Gasteiger partial charge in [-0.2, -0.15) is 0 Å². The van der Waals surface area contributed by atoms with Gasteiger partial charge in [-0.25, -0.2) is 0 Å². The number of halogens is 1. The number of anilines is 1. The number of nitrogens with one attached hydrogen (secondary N) is 1. The fourth-order valence-corrected chi connectivity index (χ4v) is 2.49. The SMILES string of the molecule is CC(C)(CCl)C(=O)N(CC(=O)Nc1ccon1)C[C@@H]1CCCO1. The largest absolute Gasteiger partial charge is 0.376 e. The Morgan fingerprint density at radius 2 is 2.30 bits per heavy atom. The molecular weight excluding hydrogens is 322 g/mol. The molecule has 0 radical (unpaired) electrons. The number of carbonyl (C=O) groups is 2. The minimum absolute atomic E-state index is 0.0371. The highest BCUT2D eigenvalue weighted by molar-refractivity contribution is 6.19. The summed E-state index contributed by atoms with van der Waals surface area (Å²) in [5, 5.41) is 6.21. The van der Waals surface area contributed by atoms with Crippen LogP contribution in [0.1, 0.15) is 26.7 Å². The van der Waals surface area contributed by atoms with E-state index >= 15 is 0 Å². The number of nitrogens with zero attached hydrogens (tertiary/aromatic N) is 2. The zero-order valence-corrected chi connectivity index (χ0v) is 14.1. The zero-order chi connectivity index (χ0) is 16.9. The number of ether oxygens (including phenoxy) is 1. The Morgan fingerprint density at radius 3 is 2.87 bits per heavy atom. The van der Waals surface area contributed by atoms with Crippen LogP contribution in [0, 0.1) is 5.41 Å². The average Bonchev–Trinajstić information content (AvgIpc) is 3.19. The molecule has 0 spiro atoms. The Labute approximate surface area is 140 Å². The standard InChI is InChI=1S/C15H22ClN3O4/c1-15(2,10-16)14(21)19(8-11-4-3-6-22-11)9-13(20)17-12-5-7-23-18-12/h5,7,11H,3-4,6,8-10H2,1-2H3,(H,17,18,20)/t11-/m0/s1. The molecule has 128 valence electrons. The first-order chi connectivity index (χ1) is 10.9. The lowest BCUT2D eigenvalue weighted by atomic mass is 9.94. The van der Waals surface area contributed by atoms with Crippen LogP contribution in [0.15, 0.2) is 16.9 Å². The minimum atomic E-state index is -0.742. The summed E-state index contributed by atoms with van der Waals surface area (Å²) in [4.78, 5) is 26.4. The van der Waals surface area contributed by atoms with Crippen LogP contribution >= 0.6 is 11.6 Å². The normalized spacial score (nSPS) is 18.0. The van der Waals surface area contributed by atoms with Crippen molar-refractivity contribution in [1.29, 1.82) is 0 Å². The summed E-state index contributed by atoms with van der Waals surface area (Å²) in [5.74, 6) is -0.0104. The molecule has 1 fully saturated rings. The van der Waals surface area contributed by atoms with Crippen LogP contribution < -0.4 is 5.32 Å². The molecule has 8 heteroatoms. The van der Waals surface area contributed by atoms with Crippen molar-refractivity contribution in [2.24, 2.45) is 5.41 Å². The summed E-state index contributed by atoms with van der Waals surface area (Å²) in [7, 11) is 0. The number of alkyl halides is 1. The predicted molar refractivity (Wildman–Crippen MR) is 85.2 cm³/mol. The number of hydrogen-bond acceptors (Lipinski definition) is 5. The van der Waals surface area contributed by atoms with Gasteiger partial charge in [-0.05, 0) is 26.7 Å². The Balaban J connectivity index is 2.02. The van der Waals surface area contributed by atoms with Crippen LogP contribution in [0.3, 0.4) is 0 Å². The van der Waals surface area contributed by atoms with E-state index in [-0.39, 0.29) is 30.3 Å². The summed E-state index contributed by atoms with van der Waals surface area (Å²) in [6, 6.07) is 1.53. The van der Waals surface area contributed by atoms with Gasteiger partial charge in [0.15, 0.2) is 5.82 Å². The lowest BCUT2D eigenvalue weighted by Gasteiger charge is -2.31. The molecule has 2 heterocycles. The molecule has 1 aliphatic rings. The van der Waals surface area contributed by atoms with E-state index in [0.717, 1.165) is 12.8 Å². The van der Waals surface area contributed by atoms with E-state index < -0.39 is 5.41 Å². The van der Waals surface area contributed by atoms with Crippen molar-refractivity contribution >= 4 is 29.2 Å². The average molecular weight is 344 g/mol. The van der Waals surface area contributed by atoms with Gasteiger partial charge in [-0.3, -0.25) is 9.59 Å². The highest BCUT2D eigenvalue weighted by atomic mass is 35.5. The number of hydrogen-bond donors (Lipinski definition) is 1. The molecule has 0 unspecified atom stereocenters. The van der Waals surface area contributed by atoms with Crippen molar-refractivity contribution in [3.8, 4) is 0 Å². The summed E-state index contributed by atoms with van der Waals surface area (Å²) >= 11 is 5.90. The van der Waals surface area contributed by atoms with E-state index in [4.69, 9.17) is 16.3 Å². The van der Waals surface area contributed by atoms with Crippen LogP contribution in [0.5, 0.6) is 0 Å². The van der Waals surface area contributed by atoms with E-state index in [2.05, 4.69) is 15.0 Å². The molecule has 0 bridgehead atoms. The summed E-state index contributed by atoms with van der Waals surface area (Å²) in [5.41, 5.74) is -0.742. The first-order valence-corrected chi connectivity index (χ1v) is 8.13. The van der Waals surface area contributed by atoms with Gasteiger partial charge in [-0.1, -0.05) is 5.16 Å².